The Balaban J connectivity index is 0.000000196. The standard InChI is InChI=1S/2C48H76N2O6/c2*1-29(2)30-17-22-48(40(53)49-35-27-33(43(35,5)6)39(52)50-25-13-12-14-26-50)24-23-46(10)32-15-16-34-44(7,8)36(56-37(51)28-42(3,4)41(54)55)19-20-45(34,9)31(32)18-21-47(46,11)38(30)48/h2*30-36,38H,1,12-28H2,2-11H3,(H,49,53)(H,54,55)/t2*30-,31-,32?,33+,34-,35?,36-,38?,45+,46-,47+,48-/m00/s1. The lowest BCUT2D eigenvalue weighted by atomic mass is 9.33. The van der Waals surface area contributed by atoms with Crippen LogP contribution in [0.15, 0.2) is 24.3 Å². The molecule has 112 heavy (non-hydrogen) atoms. The van der Waals surface area contributed by atoms with Crippen molar-refractivity contribution in [1.29, 1.82) is 0 Å². The van der Waals surface area contributed by atoms with E-state index in [1.54, 1.807) is 27.7 Å². The van der Waals surface area contributed by atoms with Gasteiger partial charge in [0.15, 0.2) is 0 Å². The molecule has 0 bridgehead atoms. The number of carbonyl (C=O) groups is 8. The molecule has 2 saturated heterocycles. The SMILES string of the molecule is C=C(C)[C@@H]1CC[C@]2(C(=O)NC3C[C@H](C(=O)N4CCCCC4)C3(C)C)CC[C@@]3(C)C4CC[C@H]5C(C)(C)[C@@H](OC(=O)CC(C)(C)C(=O)O)CC[C@]5(C)[C@H]4CC[C@]3(C)C12.C=C(C)[C@@H]1CC[C@]2(C(=O)NC3C[C@H](C(=O)N4CCCCC4)C3(C)C)CC[C@@]3(C)C4CC[C@H]5C(C)(C)[C@@H](OC(=O)CC(C)(C)C(=O)O)CC[C@]5(C)[C@H]4CC[C@]3(C)C12. The second kappa shape index (κ2) is 29.1. The van der Waals surface area contributed by atoms with Gasteiger partial charge in [0, 0.05) is 60.9 Å². The Bertz CT molecular complexity index is 3490. The average Bonchev–Trinajstić information content (AvgIpc) is 1.20. The van der Waals surface area contributed by atoms with Gasteiger partial charge < -0.3 is 40.1 Å². The number of fused-ring (bicyclic) bond motifs is 14. The van der Waals surface area contributed by atoms with Crippen molar-refractivity contribution < 1.29 is 58.0 Å². The number of ether oxygens (including phenoxy) is 2. The Labute approximate surface area is 675 Å². The van der Waals surface area contributed by atoms with E-state index in [0.717, 1.165) is 193 Å². The summed E-state index contributed by atoms with van der Waals surface area (Å²) in [7, 11) is 0. The zero-order valence-electron chi connectivity index (χ0n) is 73.6. The van der Waals surface area contributed by atoms with Gasteiger partial charge in [-0.25, -0.2) is 0 Å². The van der Waals surface area contributed by atoms with E-state index < -0.39 is 45.5 Å². The van der Waals surface area contributed by atoms with E-state index in [4.69, 9.17) is 9.47 Å². The first-order valence-electron chi connectivity index (χ1n) is 45.3. The summed E-state index contributed by atoms with van der Waals surface area (Å²) in [5.74, 6) is 2.46. The summed E-state index contributed by atoms with van der Waals surface area (Å²) in [5.41, 5.74) is -1.23. The van der Waals surface area contributed by atoms with Gasteiger partial charge in [-0.2, -0.15) is 0 Å². The van der Waals surface area contributed by atoms with Gasteiger partial charge in [0.1, 0.15) is 12.2 Å². The monoisotopic (exact) mass is 1550 g/mol. The second-order valence-electron chi connectivity index (χ2n) is 46.1. The van der Waals surface area contributed by atoms with E-state index in [1.807, 2.05) is 0 Å². The van der Waals surface area contributed by atoms with Crippen molar-refractivity contribution in [3.63, 3.8) is 0 Å². The first kappa shape index (κ1) is 85.1. The first-order valence-corrected chi connectivity index (χ1v) is 45.3. The number of rotatable bonds is 16. The molecule has 4 N–H and O–H groups in total. The molecule has 2 aliphatic heterocycles. The van der Waals surface area contributed by atoms with Gasteiger partial charge in [-0.3, -0.25) is 38.4 Å². The van der Waals surface area contributed by atoms with Crippen LogP contribution < -0.4 is 10.6 Å². The molecule has 2 heterocycles. The van der Waals surface area contributed by atoms with Crippen LogP contribution >= 0.6 is 0 Å². The zero-order chi connectivity index (χ0) is 82.0. The molecule has 16 heteroatoms. The molecular weight excluding hydrogens is 1400 g/mol. The van der Waals surface area contributed by atoms with Gasteiger partial charge in [0.2, 0.25) is 23.6 Å². The highest BCUT2D eigenvalue weighted by Gasteiger charge is 2.76. The predicted octanol–water partition coefficient (Wildman–Crippen LogP) is 19.2. The third kappa shape index (κ3) is 13.1. The minimum Gasteiger partial charge on any atom is -0.481 e. The Hall–Kier alpha value is -4.76. The van der Waals surface area contributed by atoms with Gasteiger partial charge in [0.05, 0.1) is 34.5 Å². The Morgan fingerprint density at radius 1 is 0.402 bits per heavy atom. The van der Waals surface area contributed by atoms with Crippen LogP contribution in [0.4, 0.5) is 0 Å². The van der Waals surface area contributed by atoms with E-state index in [0.29, 0.717) is 59.2 Å². The van der Waals surface area contributed by atoms with E-state index in [2.05, 4.69) is 144 Å². The third-order valence-corrected chi connectivity index (χ3v) is 38.8. The second-order valence-corrected chi connectivity index (χ2v) is 46.1. The molecule has 0 aromatic rings. The normalized spacial score (nSPS) is 43.8. The highest BCUT2D eigenvalue weighted by atomic mass is 16.5. The van der Waals surface area contributed by atoms with Gasteiger partial charge in [-0.15, -0.1) is 0 Å². The molecule has 16 nitrogen and oxygen atoms in total. The van der Waals surface area contributed by atoms with Crippen molar-refractivity contribution in [3.05, 3.63) is 24.3 Å². The van der Waals surface area contributed by atoms with Gasteiger partial charge in [0.25, 0.3) is 0 Å². The number of carboxylic acid groups (broad SMARTS) is 2. The molecule has 14 rings (SSSR count). The maximum absolute atomic E-state index is 15.1. The van der Waals surface area contributed by atoms with E-state index in [9.17, 15) is 39.0 Å². The number of carbonyl (C=O) groups excluding carboxylic acids is 6. The minimum absolute atomic E-state index is 0.00579. The fourth-order valence-electron chi connectivity index (χ4n) is 31.1. The molecule has 0 aromatic carbocycles. The van der Waals surface area contributed by atoms with Crippen LogP contribution in [-0.2, 0) is 47.8 Å². The number of hydrogen-bond donors (Lipinski definition) is 4. The lowest BCUT2D eigenvalue weighted by molar-refractivity contribution is -0.240. The number of carboxylic acids is 2. The largest absolute Gasteiger partial charge is 0.481 e. The number of likely N-dealkylation sites (tertiary alicyclic amines) is 2. The molecule has 6 unspecified atom stereocenters. The highest BCUT2D eigenvalue weighted by Crippen LogP contribution is 2.81. The zero-order valence-corrected chi connectivity index (χ0v) is 73.6. The molecular formula is C96H152N4O12. The van der Waals surface area contributed by atoms with E-state index >= 15 is 9.59 Å². The Morgan fingerprint density at radius 3 is 1.05 bits per heavy atom. The van der Waals surface area contributed by atoms with Crippen LogP contribution in [0, 0.1) is 147 Å². The summed E-state index contributed by atoms with van der Waals surface area (Å²) >= 11 is 0. The summed E-state index contributed by atoms with van der Waals surface area (Å²) in [6, 6.07) is 0.0299. The quantitative estimate of drug-likeness (QED) is 0.0836. The molecule has 4 amide bonds. The van der Waals surface area contributed by atoms with Crippen molar-refractivity contribution in [2.45, 2.75) is 355 Å². The van der Waals surface area contributed by atoms with E-state index in [-0.39, 0.29) is 127 Å². The number of allylic oxidation sites excluding steroid dienone is 2. The topological polar surface area (TPSA) is 226 Å². The summed E-state index contributed by atoms with van der Waals surface area (Å²) in [6.45, 7) is 56.8. The van der Waals surface area contributed by atoms with Gasteiger partial charge in [-0.1, -0.05) is 121 Å². The predicted molar refractivity (Wildman–Crippen MR) is 438 cm³/mol. The van der Waals surface area contributed by atoms with Gasteiger partial charge >= 0.3 is 23.9 Å². The minimum atomic E-state index is -1.16. The van der Waals surface area contributed by atoms with Crippen molar-refractivity contribution >= 4 is 47.5 Å². The smallest absolute Gasteiger partial charge is 0.309 e. The summed E-state index contributed by atoms with van der Waals surface area (Å²) < 4.78 is 12.4. The van der Waals surface area contributed by atoms with Crippen molar-refractivity contribution in [2.75, 3.05) is 26.2 Å². The lowest BCUT2D eigenvalue weighted by Gasteiger charge is -2.72. The molecule has 12 aliphatic carbocycles. The number of amides is 4. The van der Waals surface area contributed by atoms with Crippen LogP contribution in [0.1, 0.15) is 331 Å². The summed E-state index contributed by atoms with van der Waals surface area (Å²) in [5, 5.41) is 26.6. The maximum atomic E-state index is 15.1. The number of nitrogens with zero attached hydrogens (tertiary/aromatic N) is 2. The molecule has 628 valence electrons. The highest BCUT2D eigenvalue weighted by molar-refractivity contribution is 5.88. The number of piperidine rings is 2. The summed E-state index contributed by atoms with van der Waals surface area (Å²) in [6.07, 6.45) is 28.1. The number of aliphatic carboxylic acids is 2. The van der Waals surface area contributed by atoms with Gasteiger partial charge in [-0.05, 0) is 324 Å². The fraction of sp³-hybridized carbons (Fsp3) is 0.875. The molecule has 14 aliphatic rings. The van der Waals surface area contributed by atoms with Crippen LogP contribution in [0.25, 0.3) is 0 Å². The number of nitrogens with one attached hydrogen (secondary N) is 2. The van der Waals surface area contributed by atoms with Crippen LogP contribution in [0.3, 0.4) is 0 Å². The summed E-state index contributed by atoms with van der Waals surface area (Å²) in [4.78, 5) is 111. The first-order chi connectivity index (χ1) is 51.9. The maximum Gasteiger partial charge on any atom is 0.309 e. The Morgan fingerprint density at radius 2 is 0.741 bits per heavy atom. The molecule has 0 spiro atoms. The lowest BCUT2D eigenvalue weighted by Crippen LogP contribution is -2.69. The number of esters is 2. The van der Waals surface area contributed by atoms with Crippen LogP contribution in [-0.4, -0.2) is 118 Å². The third-order valence-electron chi connectivity index (χ3n) is 38.8. The van der Waals surface area contributed by atoms with Crippen LogP contribution in [0.5, 0.6) is 0 Å². The van der Waals surface area contributed by atoms with Crippen molar-refractivity contribution in [2.24, 2.45) is 147 Å². The van der Waals surface area contributed by atoms with E-state index in [1.165, 1.54) is 24.0 Å². The average molecular weight is 1550 g/mol. The number of hydrogen-bond acceptors (Lipinski definition) is 10. The van der Waals surface area contributed by atoms with Crippen LogP contribution in [0.2, 0.25) is 0 Å². The fourth-order valence-corrected chi connectivity index (χ4v) is 31.1. The molecule has 0 aromatic heterocycles. The molecule has 12 saturated carbocycles. The molecule has 24 atom stereocenters. The van der Waals surface area contributed by atoms with Crippen molar-refractivity contribution in [1.82, 2.24) is 20.4 Å². The molecule has 14 fully saturated rings. The Kier molecular flexibility index (Phi) is 22.1. The molecule has 0 radical (unpaired) electrons. The van der Waals surface area contributed by atoms with Crippen molar-refractivity contribution in [3.8, 4) is 0 Å².